The second-order valence-corrected chi connectivity index (χ2v) is 5.23. The van der Waals surface area contributed by atoms with Crippen molar-refractivity contribution in [1.82, 2.24) is 0 Å². The maximum atomic E-state index is 13.5. The summed E-state index contributed by atoms with van der Waals surface area (Å²) in [5, 5.41) is 10.3. The van der Waals surface area contributed by atoms with Crippen LogP contribution < -0.4 is 4.74 Å². The van der Waals surface area contributed by atoms with E-state index in [0.717, 1.165) is 0 Å². The summed E-state index contributed by atoms with van der Waals surface area (Å²) in [6.45, 7) is 1.67. The van der Waals surface area contributed by atoms with Crippen LogP contribution >= 0.6 is 23.2 Å². The van der Waals surface area contributed by atoms with Crippen LogP contribution in [0.2, 0.25) is 10.0 Å². The Morgan fingerprint density at radius 1 is 1.20 bits per heavy atom. The third kappa shape index (κ3) is 3.63. The van der Waals surface area contributed by atoms with E-state index in [9.17, 15) is 9.50 Å². The molecule has 20 heavy (non-hydrogen) atoms. The second kappa shape index (κ2) is 6.44. The van der Waals surface area contributed by atoms with Crippen molar-refractivity contribution in [2.45, 2.75) is 19.6 Å². The van der Waals surface area contributed by atoms with Gasteiger partial charge in [0, 0.05) is 10.6 Å². The smallest absolute Gasteiger partial charge is 0.138 e. The van der Waals surface area contributed by atoms with Crippen LogP contribution in [0, 0.1) is 5.82 Å². The molecule has 0 aliphatic rings. The summed E-state index contributed by atoms with van der Waals surface area (Å²) in [6, 6.07) is 9.25. The van der Waals surface area contributed by atoms with Crippen molar-refractivity contribution >= 4 is 23.2 Å². The minimum Gasteiger partial charge on any atom is -0.487 e. The summed E-state index contributed by atoms with van der Waals surface area (Å²) < 4.78 is 19.0. The van der Waals surface area contributed by atoms with Crippen molar-refractivity contribution in [2.24, 2.45) is 0 Å². The van der Waals surface area contributed by atoms with Gasteiger partial charge in [0.2, 0.25) is 0 Å². The Bertz CT molecular complexity index is 615. The highest BCUT2D eigenvalue weighted by molar-refractivity contribution is 6.32. The van der Waals surface area contributed by atoms with Crippen LogP contribution in [0.3, 0.4) is 0 Å². The molecule has 0 aromatic heterocycles. The molecule has 1 unspecified atom stereocenters. The lowest BCUT2D eigenvalue weighted by Gasteiger charge is -2.11. The van der Waals surface area contributed by atoms with E-state index >= 15 is 0 Å². The topological polar surface area (TPSA) is 29.5 Å². The Morgan fingerprint density at radius 3 is 2.60 bits per heavy atom. The molecule has 2 nitrogen and oxygen atoms in total. The van der Waals surface area contributed by atoms with Gasteiger partial charge in [-0.3, -0.25) is 0 Å². The lowest BCUT2D eigenvalue weighted by molar-refractivity contribution is 0.199. The van der Waals surface area contributed by atoms with Gasteiger partial charge < -0.3 is 9.84 Å². The highest BCUT2D eigenvalue weighted by Gasteiger charge is 2.09. The fourth-order valence-electron chi connectivity index (χ4n) is 1.70. The predicted molar refractivity (Wildman–Crippen MR) is 77.8 cm³/mol. The van der Waals surface area contributed by atoms with Crippen LogP contribution in [0.15, 0.2) is 36.4 Å². The molecule has 2 aromatic rings. The lowest BCUT2D eigenvalue weighted by atomic mass is 10.1. The number of ether oxygens (including phenoxy) is 1. The van der Waals surface area contributed by atoms with E-state index in [1.807, 2.05) is 0 Å². The average Bonchev–Trinajstić information content (AvgIpc) is 2.40. The van der Waals surface area contributed by atoms with Crippen LogP contribution in [0.5, 0.6) is 5.75 Å². The molecule has 2 rings (SSSR count). The molecular formula is C15H13Cl2FO2. The molecule has 5 heteroatoms. The minimum atomic E-state index is -0.605. The van der Waals surface area contributed by atoms with Crippen LogP contribution in [0.25, 0.3) is 0 Å². The summed E-state index contributed by atoms with van der Waals surface area (Å²) in [5.74, 6) is 0.0431. The Labute approximate surface area is 126 Å². The number of hydrogen-bond acceptors (Lipinski definition) is 2. The molecule has 106 valence electrons. The zero-order valence-corrected chi connectivity index (χ0v) is 12.2. The van der Waals surface area contributed by atoms with Crippen molar-refractivity contribution in [1.29, 1.82) is 0 Å². The molecule has 0 saturated carbocycles. The molecule has 0 amide bonds. The lowest BCUT2D eigenvalue weighted by Crippen LogP contribution is -2.00. The Hall–Kier alpha value is -1.29. The first-order valence-electron chi connectivity index (χ1n) is 6.01. The first-order valence-corrected chi connectivity index (χ1v) is 6.77. The molecule has 2 aromatic carbocycles. The zero-order valence-electron chi connectivity index (χ0n) is 10.7. The van der Waals surface area contributed by atoms with Gasteiger partial charge in [-0.15, -0.1) is 0 Å². The van der Waals surface area contributed by atoms with E-state index in [1.165, 1.54) is 18.2 Å². The molecule has 1 atom stereocenters. The minimum absolute atomic E-state index is 0.0279. The van der Waals surface area contributed by atoms with Gasteiger partial charge in [0.1, 0.15) is 18.2 Å². The Kier molecular flexibility index (Phi) is 4.86. The van der Waals surface area contributed by atoms with E-state index < -0.39 is 6.10 Å². The van der Waals surface area contributed by atoms with E-state index in [1.54, 1.807) is 25.1 Å². The van der Waals surface area contributed by atoms with Crippen molar-refractivity contribution in [2.75, 3.05) is 0 Å². The molecule has 0 radical (unpaired) electrons. The molecule has 0 bridgehead atoms. The van der Waals surface area contributed by atoms with E-state index in [-0.39, 0.29) is 12.4 Å². The maximum absolute atomic E-state index is 13.5. The monoisotopic (exact) mass is 314 g/mol. The van der Waals surface area contributed by atoms with Gasteiger partial charge in [-0.05, 0) is 42.8 Å². The van der Waals surface area contributed by atoms with Gasteiger partial charge in [0.05, 0.1) is 11.1 Å². The molecule has 1 N–H and O–H groups in total. The molecular weight excluding hydrogens is 302 g/mol. The molecule has 0 spiro atoms. The third-order valence-corrected chi connectivity index (χ3v) is 3.36. The van der Waals surface area contributed by atoms with E-state index in [4.69, 9.17) is 27.9 Å². The van der Waals surface area contributed by atoms with Gasteiger partial charge in [-0.2, -0.15) is 0 Å². The van der Waals surface area contributed by atoms with Gasteiger partial charge in [0.25, 0.3) is 0 Å². The fraction of sp³-hybridized carbons (Fsp3) is 0.200. The number of hydrogen-bond donors (Lipinski definition) is 1. The number of aliphatic hydroxyl groups is 1. The number of aliphatic hydroxyl groups excluding tert-OH is 1. The Balaban J connectivity index is 2.13. The molecule has 0 aliphatic heterocycles. The summed E-state index contributed by atoms with van der Waals surface area (Å²) in [7, 11) is 0. The SMILES string of the molecule is CC(O)c1ccc(OCc2cc(Cl)ccc2F)c(Cl)c1. The van der Waals surface area contributed by atoms with Crippen molar-refractivity contribution in [3.8, 4) is 5.75 Å². The third-order valence-electron chi connectivity index (χ3n) is 2.83. The van der Waals surface area contributed by atoms with Crippen molar-refractivity contribution in [3.63, 3.8) is 0 Å². The van der Waals surface area contributed by atoms with Crippen LogP contribution in [-0.2, 0) is 6.61 Å². The van der Waals surface area contributed by atoms with Gasteiger partial charge in [0.15, 0.2) is 0 Å². The molecule has 0 saturated heterocycles. The zero-order chi connectivity index (χ0) is 14.7. The normalized spacial score (nSPS) is 12.2. The number of benzene rings is 2. The van der Waals surface area contributed by atoms with Crippen molar-refractivity contribution < 1.29 is 14.2 Å². The van der Waals surface area contributed by atoms with Gasteiger partial charge in [-0.1, -0.05) is 29.3 Å². The average molecular weight is 315 g/mol. The standard InChI is InChI=1S/C15H13Cl2FO2/c1-9(19)10-2-5-15(13(17)7-10)20-8-11-6-12(16)3-4-14(11)18/h2-7,9,19H,8H2,1H3. The fourth-order valence-corrected chi connectivity index (χ4v) is 2.14. The quantitative estimate of drug-likeness (QED) is 0.881. The first kappa shape index (κ1) is 15.1. The van der Waals surface area contributed by atoms with Crippen LogP contribution in [-0.4, -0.2) is 5.11 Å². The number of halogens is 3. The largest absolute Gasteiger partial charge is 0.487 e. The van der Waals surface area contributed by atoms with Gasteiger partial charge in [-0.25, -0.2) is 4.39 Å². The Morgan fingerprint density at radius 2 is 1.95 bits per heavy atom. The van der Waals surface area contributed by atoms with Crippen molar-refractivity contribution in [3.05, 3.63) is 63.4 Å². The molecule has 0 aliphatic carbocycles. The van der Waals surface area contributed by atoms with Gasteiger partial charge >= 0.3 is 0 Å². The maximum Gasteiger partial charge on any atom is 0.138 e. The summed E-state index contributed by atoms with van der Waals surface area (Å²) in [6.07, 6.45) is -0.605. The molecule has 0 fully saturated rings. The van der Waals surface area contributed by atoms with E-state index in [2.05, 4.69) is 0 Å². The molecule has 0 heterocycles. The van der Waals surface area contributed by atoms with Crippen LogP contribution in [0.4, 0.5) is 4.39 Å². The first-order chi connectivity index (χ1) is 9.47. The highest BCUT2D eigenvalue weighted by Crippen LogP contribution is 2.29. The number of rotatable bonds is 4. The summed E-state index contributed by atoms with van der Waals surface area (Å²) >= 11 is 11.9. The summed E-state index contributed by atoms with van der Waals surface area (Å²) in [5.41, 5.74) is 1.05. The second-order valence-electron chi connectivity index (χ2n) is 4.39. The van der Waals surface area contributed by atoms with Crippen LogP contribution in [0.1, 0.15) is 24.2 Å². The van der Waals surface area contributed by atoms with E-state index in [0.29, 0.717) is 26.9 Å². The predicted octanol–water partition coefficient (Wildman–Crippen LogP) is 4.76. The summed E-state index contributed by atoms with van der Waals surface area (Å²) in [4.78, 5) is 0. The highest BCUT2D eigenvalue weighted by atomic mass is 35.5.